The number of hydrogen-bond donors (Lipinski definition) is 2. The lowest BCUT2D eigenvalue weighted by Gasteiger charge is -2.17. The molecule has 0 fully saturated rings. The van der Waals surface area contributed by atoms with Gasteiger partial charge in [-0.05, 0) is 29.3 Å². The largest absolute Gasteiger partial charge is 0.504 e. The number of benzene rings is 2. The highest BCUT2D eigenvalue weighted by Crippen LogP contribution is 2.41. The molecular formula is C15H12Cl2O4. The molecule has 0 saturated carbocycles. The Morgan fingerprint density at radius 1 is 1.14 bits per heavy atom. The zero-order valence-electron chi connectivity index (χ0n) is 11.0. The Bertz CT molecular complexity index is 668. The Balaban J connectivity index is 2.59. The van der Waals surface area contributed by atoms with E-state index in [1.54, 1.807) is 24.3 Å². The summed E-state index contributed by atoms with van der Waals surface area (Å²) in [7, 11) is 1.35. The number of aliphatic carboxylic acids is 1. The number of phenolic OH excluding ortho intramolecular Hbond substituents is 1. The van der Waals surface area contributed by atoms with Crippen molar-refractivity contribution in [2.45, 2.75) is 5.92 Å². The summed E-state index contributed by atoms with van der Waals surface area (Å²) in [5, 5.41) is 19.8. The number of phenols is 1. The Morgan fingerprint density at radius 3 is 2.29 bits per heavy atom. The highest BCUT2D eigenvalue weighted by atomic mass is 35.5. The number of ether oxygens (including phenoxy) is 1. The van der Waals surface area contributed by atoms with Crippen molar-refractivity contribution in [2.75, 3.05) is 7.11 Å². The van der Waals surface area contributed by atoms with Gasteiger partial charge in [-0.2, -0.15) is 0 Å². The predicted molar refractivity (Wildman–Crippen MR) is 80.6 cm³/mol. The van der Waals surface area contributed by atoms with E-state index >= 15 is 0 Å². The molecule has 21 heavy (non-hydrogen) atoms. The molecule has 0 amide bonds. The number of carbonyl (C=O) groups is 1. The van der Waals surface area contributed by atoms with Gasteiger partial charge in [0, 0.05) is 5.02 Å². The minimum atomic E-state index is -1.06. The van der Waals surface area contributed by atoms with Crippen LogP contribution in [0.2, 0.25) is 10.0 Å². The van der Waals surface area contributed by atoms with E-state index in [2.05, 4.69) is 0 Å². The molecular weight excluding hydrogens is 315 g/mol. The first-order valence-corrected chi connectivity index (χ1v) is 6.75. The smallest absolute Gasteiger partial charge is 0.315 e. The Labute approximate surface area is 131 Å². The van der Waals surface area contributed by atoms with Gasteiger partial charge < -0.3 is 14.9 Å². The number of carboxylic acid groups (broad SMARTS) is 1. The van der Waals surface area contributed by atoms with Crippen LogP contribution in [-0.4, -0.2) is 23.3 Å². The molecule has 2 N–H and O–H groups in total. The van der Waals surface area contributed by atoms with Gasteiger partial charge in [0.15, 0.2) is 11.5 Å². The molecule has 110 valence electrons. The predicted octanol–water partition coefficient (Wildman–Crippen LogP) is 3.92. The second-order valence-corrected chi connectivity index (χ2v) is 5.16. The lowest BCUT2D eigenvalue weighted by molar-refractivity contribution is -0.137. The van der Waals surface area contributed by atoms with Crippen LogP contribution in [0.15, 0.2) is 36.4 Å². The number of halogens is 2. The van der Waals surface area contributed by atoms with Crippen LogP contribution in [0.1, 0.15) is 17.0 Å². The molecule has 0 aliphatic carbocycles. The van der Waals surface area contributed by atoms with Crippen molar-refractivity contribution in [2.24, 2.45) is 0 Å². The van der Waals surface area contributed by atoms with E-state index in [9.17, 15) is 15.0 Å². The molecule has 2 aromatic rings. The van der Waals surface area contributed by atoms with Crippen molar-refractivity contribution in [3.63, 3.8) is 0 Å². The third-order valence-electron chi connectivity index (χ3n) is 3.07. The van der Waals surface area contributed by atoms with Gasteiger partial charge >= 0.3 is 5.97 Å². The minimum Gasteiger partial charge on any atom is -0.504 e. The van der Waals surface area contributed by atoms with Crippen LogP contribution >= 0.6 is 23.2 Å². The first kappa shape index (κ1) is 15.5. The zero-order chi connectivity index (χ0) is 15.6. The van der Waals surface area contributed by atoms with Crippen molar-refractivity contribution in [3.8, 4) is 11.5 Å². The van der Waals surface area contributed by atoms with Crippen LogP contribution in [0.4, 0.5) is 0 Å². The van der Waals surface area contributed by atoms with Crippen LogP contribution in [-0.2, 0) is 4.79 Å². The number of carboxylic acids is 1. The summed E-state index contributed by atoms with van der Waals surface area (Å²) < 4.78 is 5.01. The molecule has 0 spiro atoms. The number of rotatable bonds is 4. The van der Waals surface area contributed by atoms with Crippen LogP contribution in [0.5, 0.6) is 11.5 Å². The van der Waals surface area contributed by atoms with Gasteiger partial charge in [0.05, 0.1) is 12.1 Å². The molecule has 1 unspecified atom stereocenters. The summed E-state index contributed by atoms with van der Waals surface area (Å²) in [6.07, 6.45) is 0. The Hall–Kier alpha value is -1.91. The zero-order valence-corrected chi connectivity index (χ0v) is 12.5. The van der Waals surface area contributed by atoms with Crippen molar-refractivity contribution in [3.05, 3.63) is 57.6 Å². The van der Waals surface area contributed by atoms with Gasteiger partial charge in [-0.1, -0.05) is 41.4 Å². The number of aromatic hydroxyl groups is 1. The molecule has 0 saturated heterocycles. The quantitative estimate of drug-likeness (QED) is 0.893. The van der Waals surface area contributed by atoms with E-state index in [0.717, 1.165) is 0 Å². The van der Waals surface area contributed by atoms with Crippen molar-refractivity contribution in [1.82, 2.24) is 0 Å². The summed E-state index contributed by atoms with van der Waals surface area (Å²) in [6.45, 7) is 0. The maximum absolute atomic E-state index is 11.6. The monoisotopic (exact) mass is 326 g/mol. The van der Waals surface area contributed by atoms with E-state index in [0.29, 0.717) is 16.1 Å². The average Bonchev–Trinajstić information content (AvgIpc) is 2.44. The van der Waals surface area contributed by atoms with Gasteiger partial charge in [-0.25, -0.2) is 0 Å². The lowest BCUT2D eigenvalue weighted by Crippen LogP contribution is -2.14. The van der Waals surface area contributed by atoms with Crippen molar-refractivity contribution in [1.29, 1.82) is 0 Å². The third kappa shape index (κ3) is 3.06. The minimum absolute atomic E-state index is 0.0504. The molecule has 0 radical (unpaired) electrons. The lowest BCUT2D eigenvalue weighted by atomic mass is 9.91. The highest BCUT2D eigenvalue weighted by Gasteiger charge is 2.27. The van der Waals surface area contributed by atoms with E-state index in [1.807, 2.05) is 0 Å². The summed E-state index contributed by atoms with van der Waals surface area (Å²) >= 11 is 12.0. The van der Waals surface area contributed by atoms with E-state index in [-0.39, 0.29) is 16.5 Å². The summed E-state index contributed by atoms with van der Waals surface area (Å²) in [5.41, 5.74) is 0.864. The maximum Gasteiger partial charge on any atom is 0.315 e. The molecule has 0 aromatic heterocycles. The number of methoxy groups -OCH3 is 1. The molecule has 0 aliphatic rings. The molecule has 1 atom stereocenters. The number of hydrogen-bond acceptors (Lipinski definition) is 3. The summed E-state index contributed by atoms with van der Waals surface area (Å²) in [4.78, 5) is 11.6. The van der Waals surface area contributed by atoms with Crippen molar-refractivity contribution >= 4 is 29.2 Å². The molecule has 6 heteroatoms. The van der Waals surface area contributed by atoms with Gasteiger partial charge in [-0.3, -0.25) is 4.79 Å². The van der Waals surface area contributed by atoms with E-state index in [4.69, 9.17) is 27.9 Å². The Morgan fingerprint density at radius 2 is 1.76 bits per heavy atom. The maximum atomic E-state index is 11.6. The van der Waals surface area contributed by atoms with Crippen LogP contribution < -0.4 is 4.74 Å². The molecule has 0 heterocycles. The van der Waals surface area contributed by atoms with Gasteiger partial charge in [0.1, 0.15) is 5.92 Å². The van der Waals surface area contributed by atoms with E-state index in [1.165, 1.54) is 19.2 Å². The van der Waals surface area contributed by atoms with Gasteiger partial charge in [-0.15, -0.1) is 0 Å². The molecule has 4 nitrogen and oxygen atoms in total. The fraction of sp³-hybridized carbons (Fsp3) is 0.133. The molecule has 0 bridgehead atoms. The normalized spacial score (nSPS) is 12.0. The van der Waals surface area contributed by atoms with Gasteiger partial charge in [0.25, 0.3) is 0 Å². The molecule has 2 rings (SSSR count). The first-order chi connectivity index (χ1) is 9.95. The third-order valence-corrected chi connectivity index (χ3v) is 3.71. The van der Waals surface area contributed by atoms with Crippen LogP contribution in [0.3, 0.4) is 0 Å². The molecule has 2 aromatic carbocycles. The average molecular weight is 327 g/mol. The fourth-order valence-electron chi connectivity index (χ4n) is 2.09. The summed E-state index contributed by atoms with van der Waals surface area (Å²) in [5.74, 6) is -2.14. The molecule has 0 aliphatic heterocycles. The van der Waals surface area contributed by atoms with Gasteiger partial charge in [0.2, 0.25) is 0 Å². The second kappa shape index (κ2) is 6.24. The standard InChI is InChI=1S/C15H12Cl2O4/c1-21-14-11(18)7-6-10(13(14)17)12(15(19)20)8-2-4-9(16)5-3-8/h2-7,12,18H,1H3,(H,19,20). The van der Waals surface area contributed by atoms with Crippen LogP contribution in [0.25, 0.3) is 0 Å². The Kier molecular flexibility index (Phi) is 4.60. The highest BCUT2D eigenvalue weighted by molar-refractivity contribution is 6.33. The van der Waals surface area contributed by atoms with Crippen molar-refractivity contribution < 1.29 is 19.7 Å². The first-order valence-electron chi connectivity index (χ1n) is 5.99. The van der Waals surface area contributed by atoms with Crippen LogP contribution in [0, 0.1) is 0 Å². The SMILES string of the molecule is COc1c(O)ccc(C(C(=O)O)c2ccc(Cl)cc2)c1Cl. The fourth-order valence-corrected chi connectivity index (χ4v) is 2.56. The summed E-state index contributed by atoms with van der Waals surface area (Å²) in [6, 6.07) is 9.28. The topological polar surface area (TPSA) is 66.8 Å². The second-order valence-electron chi connectivity index (χ2n) is 4.34. The van der Waals surface area contributed by atoms with E-state index < -0.39 is 11.9 Å².